The molecule has 3 heteroatoms. The van der Waals surface area contributed by atoms with Crippen LogP contribution < -0.4 is 5.32 Å². The van der Waals surface area contributed by atoms with E-state index in [9.17, 15) is 0 Å². The maximum Gasteiger partial charge on any atom is 0.0462 e. The second-order valence-electron chi connectivity index (χ2n) is 6.16. The Morgan fingerprint density at radius 1 is 1.33 bits per heavy atom. The van der Waals surface area contributed by atoms with Crippen LogP contribution in [0.3, 0.4) is 0 Å². The molecule has 108 valence electrons. The molecule has 0 radical (unpaired) electrons. The van der Waals surface area contributed by atoms with Gasteiger partial charge in [0.25, 0.3) is 0 Å². The molecule has 1 aliphatic rings. The van der Waals surface area contributed by atoms with Gasteiger partial charge in [-0.1, -0.05) is 6.92 Å². The van der Waals surface area contributed by atoms with Crippen LogP contribution in [-0.2, 0) is 4.74 Å². The molecule has 0 heterocycles. The Labute approximate surface area is 113 Å². The predicted molar refractivity (Wildman–Crippen MR) is 78.0 cm³/mol. The zero-order valence-corrected chi connectivity index (χ0v) is 13.0. The topological polar surface area (TPSA) is 24.5 Å². The SMILES string of the molecule is CNC(CCCOC)C1(N(C)C)CCC(C)CC1. The molecule has 18 heavy (non-hydrogen) atoms. The number of ether oxygens (including phenoxy) is 1. The van der Waals surface area contributed by atoms with Gasteiger partial charge in [0.1, 0.15) is 0 Å². The molecule has 0 amide bonds. The molecule has 0 bridgehead atoms. The molecule has 1 aliphatic carbocycles. The number of hydrogen-bond donors (Lipinski definition) is 1. The number of methoxy groups -OCH3 is 1. The van der Waals surface area contributed by atoms with E-state index in [-0.39, 0.29) is 0 Å². The summed E-state index contributed by atoms with van der Waals surface area (Å²) in [6, 6.07) is 0.579. The second-order valence-corrected chi connectivity index (χ2v) is 6.16. The number of hydrogen-bond acceptors (Lipinski definition) is 3. The van der Waals surface area contributed by atoms with Crippen molar-refractivity contribution in [3.05, 3.63) is 0 Å². The molecule has 1 unspecified atom stereocenters. The van der Waals surface area contributed by atoms with Crippen LogP contribution in [0.5, 0.6) is 0 Å². The second kappa shape index (κ2) is 7.46. The average molecular weight is 256 g/mol. The molecule has 1 N–H and O–H groups in total. The molecule has 1 saturated carbocycles. The lowest BCUT2D eigenvalue weighted by atomic mass is 9.71. The number of nitrogens with zero attached hydrogens (tertiary/aromatic N) is 1. The Hall–Kier alpha value is -0.120. The van der Waals surface area contributed by atoms with E-state index in [1.807, 2.05) is 0 Å². The Balaban J connectivity index is 2.68. The van der Waals surface area contributed by atoms with E-state index in [4.69, 9.17) is 4.74 Å². The molecule has 0 saturated heterocycles. The van der Waals surface area contributed by atoms with Crippen LogP contribution >= 0.6 is 0 Å². The van der Waals surface area contributed by atoms with Crippen molar-refractivity contribution in [2.75, 3.05) is 34.9 Å². The van der Waals surface area contributed by atoms with Gasteiger partial charge in [-0.2, -0.15) is 0 Å². The minimum absolute atomic E-state index is 0.342. The number of rotatable bonds is 7. The Kier molecular flexibility index (Phi) is 6.61. The molecule has 3 nitrogen and oxygen atoms in total. The van der Waals surface area contributed by atoms with Gasteiger partial charge < -0.3 is 15.0 Å². The van der Waals surface area contributed by atoms with Gasteiger partial charge in [-0.15, -0.1) is 0 Å². The van der Waals surface area contributed by atoms with Gasteiger partial charge >= 0.3 is 0 Å². The van der Waals surface area contributed by atoms with Crippen molar-refractivity contribution < 1.29 is 4.74 Å². The summed E-state index contributed by atoms with van der Waals surface area (Å²) in [5, 5.41) is 3.57. The predicted octanol–water partition coefficient (Wildman–Crippen LogP) is 2.51. The van der Waals surface area contributed by atoms with Crippen LogP contribution in [0.25, 0.3) is 0 Å². The lowest BCUT2D eigenvalue weighted by molar-refractivity contribution is 0.0396. The van der Waals surface area contributed by atoms with Crippen molar-refractivity contribution in [3.63, 3.8) is 0 Å². The molecular formula is C15H32N2O. The molecule has 1 atom stereocenters. The highest BCUT2D eigenvalue weighted by atomic mass is 16.5. The van der Waals surface area contributed by atoms with Gasteiger partial charge in [0.15, 0.2) is 0 Å². The highest BCUT2D eigenvalue weighted by Crippen LogP contribution is 2.38. The molecule has 0 aromatic carbocycles. The quantitative estimate of drug-likeness (QED) is 0.708. The van der Waals surface area contributed by atoms with Gasteiger partial charge in [-0.3, -0.25) is 0 Å². The van der Waals surface area contributed by atoms with Crippen LogP contribution in [0.15, 0.2) is 0 Å². The van der Waals surface area contributed by atoms with Crippen LogP contribution in [-0.4, -0.2) is 51.3 Å². The summed E-state index contributed by atoms with van der Waals surface area (Å²) in [7, 11) is 8.40. The summed E-state index contributed by atoms with van der Waals surface area (Å²) in [4.78, 5) is 2.47. The largest absolute Gasteiger partial charge is 0.385 e. The third-order valence-corrected chi connectivity index (χ3v) is 4.87. The maximum atomic E-state index is 5.19. The molecule has 0 spiro atoms. The number of nitrogens with one attached hydrogen (secondary N) is 1. The van der Waals surface area contributed by atoms with E-state index in [1.165, 1.54) is 32.1 Å². The smallest absolute Gasteiger partial charge is 0.0462 e. The Bertz CT molecular complexity index is 223. The van der Waals surface area contributed by atoms with E-state index in [0.717, 1.165) is 18.9 Å². The summed E-state index contributed by atoms with van der Waals surface area (Å²) in [5.74, 6) is 0.898. The lowest BCUT2D eigenvalue weighted by Gasteiger charge is -2.50. The molecular weight excluding hydrogens is 224 g/mol. The first-order valence-electron chi connectivity index (χ1n) is 7.40. The summed E-state index contributed by atoms with van der Waals surface area (Å²) < 4.78 is 5.19. The molecule has 1 fully saturated rings. The standard InChI is InChI=1S/C15H32N2O/c1-13-8-10-15(11-9-13,17(3)4)14(16-2)7-6-12-18-5/h13-14,16H,6-12H2,1-5H3. The van der Waals surface area contributed by atoms with Crippen LogP contribution in [0.2, 0.25) is 0 Å². The fraction of sp³-hybridized carbons (Fsp3) is 1.00. The molecule has 1 rings (SSSR count). The van der Waals surface area contributed by atoms with Gasteiger partial charge in [0.2, 0.25) is 0 Å². The van der Waals surface area contributed by atoms with Gasteiger partial charge in [-0.05, 0) is 65.6 Å². The van der Waals surface area contributed by atoms with Gasteiger partial charge in [-0.25, -0.2) is 0 Å². The highest BCUT2D eigenvalue weighted by molar-refractivity contribution is 5.00. The van der Waals surface area contributed by atoms with Gasteiger partial charge in [0, 0.05) is 25.3 Å². The summed E-state index contributed by atoms with van der Waals surface area (Å²) in [6.45, 7) is 3.26. The van der Waals surface area contributed by atoms with Crippen molar-refractivity contribution in [3.8, 4) is 0 Å². The van der Waals surface area contributed by atoms with Crippen molar-refractivity contribution in [2.45, 2.75) is 57.0 Å². The van der Waals surface area contributed by atoms with Crippen molar-refractivity contribution in [1.82, 2.24) is 10.2 Å². The highest BCUT2D eigenvalue weighted by Gasteiger charge is 2.41. The third kappa shape index (κ3) is 3.69. The lowest BCUT2D eigenvalue weighted by Crippen LogP contribution is -2.59. The van der Waals surface area contributed by atoms with E-state index in [0.29, 0.717) is 11.6 Å². The van der Waals surface area contributed by atoms with Crippen LogP contribution in [0.4, 0.5) is 0 Å². The Morgan fingerprint density at radius 3 is 2.39 bits per heavy atom. The van der Waals surface area contributed by atoms with Crippen LogP contribution in [0.1, 0.15) is 45.4 Å². The summed E-state index contributed by atoms with van der Waals surface area (Å²) >= 11 is 0. The fourth-order valence-electron chi connectivity index (χ4n) is 3.48. The van der Waals surface area contributed by atoms with E-state index < -0.39 is 0 Å². The first-order valence-corrected chi connectivity index (χ1v) is 7.40. The first kappa shape index (κ1) is 15.9. The fourth-order valence-corrected chi connectivity index (χ4v) is 3.48. The third-order valence-electron chi connectivity index (χ3n) is 4.87. The zero-order chi connectivity index (χ0) is 13.6. The van der Waals surface area contributed by atoms with Crippen molar-refractivity contribution >= 4 is 0 Å². The molecule has 0 aromatic heterocycles. The van der Waals surface area contributed by atoms with E-state index in [1.54, 1.807) is 7.11 Å². The zero-order valence-electron chi connectivity index (χ0n) is 13.0. The minimum Gasteiger partial charge on any atom is -0.385 e. The normalized spacial score (nSPS) is 30.7. The van der Waals surface area contributed by atoms with E-state index in [2.05, 4.69) is 38.3 Å². The average Bonchev–Trinajstić information content (AvgIpc) is 2.36. The number of likely N-dealkylation sites (N-methyl/N-ethyl adjacent to an activating group) is 2. The van der Waals surface area contributed by atoms with Gasteiger partial charge in [0.05, 0.1) is 0 Å². The first-order chi connectivity index (χ1) is 8.56. The Morgan fingerprint density at radius 2 is 1.94 bits per heavy atom. The van der Waals surface area contributed by atoms with Crippen molar-refractivity contribution in [1.29, 1.82) is 0 Å². The molecule has 0 aliphatic heterocycles. The summed E-state index contributed by atoms with van der Waals surface area (Å²) in [6.07, 6.45) is 7.71. The summed E-state index contributed by atoms with van der Waals surface area (Å²) in [5.41, 5.74) is 0.342. The molecule has 0 aromatic rings. The van der Waals surface area contributed by atoms with Crippen LogP contribution in [0, 0.1) is 5.92 Å². The monoisotopic (exact) mass is 256 g/mol. The van der Waals surface area contributed by atoms with E-state index >= 15 is 0 Å². The minimum atomic E-state index is 0.342. The maximum absolute atomic E-state index is 5.19. The van der Waals surface area contributed by atoms with Crippen molar-refractivity contribution in [2.24, 2.45) is 5.92 Å².